The van der Waals surface area contributed by atoms with E-state index < -0.39 is 19.4 Å². The van der Waals surface area contributed by atoms with Crippen molar-refractivity contribution in [1.82, 2.24) is 0 Å². The highest BCUT2D eigenvalue weighted by molar-refractivity contribution is 5.88. The minimum atomic E-state index is -0.830. The Hall–Kier alpha value is -0.910. The zero-order valence-electron chi connectivity index (χ0n) is 5.86. The van der Waals surface area contributed by atoms with E-state index >= 15 is 0 Å². The minimum absolute atomic E-state index is 0.0680. The molecule has 0 saturated carbocycles. The monoisotopic (exact) mass is 162 g/mol. The normalized spacial score (nSPS) is 11.4. The number of rotatable bonds is 4. The van der Waals surface area contributed by atoms with Gasteiger partial charge in [0.15, 0.2) is 6.79 Å². The molecule has 0 aromatic heterocycles. The predicted molar refractivity (Wildman–Crippen MR) is 35.4 cm³/mol. The third kappa shape index (κ3) is 3.72. The number of ether oxygens (including phenoxy) is 1. The molecule has 0 saturated heterocycles. The Morgan fingerprint density at radius 1 is 1.36 bits per heavy atom. The van der Waals surface area contributed by atoms with E-state index in [-0.39, 0.29) is 12.2 Å². The van der Waals surface area contributed by atoms with Crippen molar-refractivity contribution in [3.05, 3.63) is 11.6 Å². The molecule has 5 heteroatoms. The van der Waals surface area contributed by atoms with Crippen molar-refractivity contribution in [1.29, 1.82) is 0 Å². The summed E-state index contributed by atoms with van der Waals surface area (Å²) in [4.78, 5) is 10.6. The van der Waals surface area contributed by atoms with E-state index in [1.807, 2.05) is 0 Å². The maximum absolute atomic E-state index is 10.6. The highest BCUT2D eigenvalue weighted by Crippen LogP contribution is 1.95. The minimum Gasteiger partial charge on any atom is -0.435 e. The largest absolute Gasteiger partial charge is 0.435 e. The van der Waals surface area contributed by atoms with Gasteiger partial charge in [-0.25, -0.2) is 4.79 Å². The Morgan fingerprint density at radius 2 is 2.00 bits per heavy atom. The molecule has 0 aromatic rings. The lowest BCUT2D eigenvalue weighted by Gasteiger charge is -2.01. The number of carbonyl (C=O) groups is 1. The van der Waals surface area contributed by atoms with Gasteiger partial charge in [0.05, 0.1) is 18.8 Å². The van der Waals surface area contributed by atoms with Gasteiger partial charge in [0.25, 0.3) is 0 Å². The van der Waals surface area contributed by atoms with E-state index in [9.17, 15) is 4.79 Å². The van der Waals surface area contributed by atoms with Crippen molar-refractivity contribution in [3.8, 4) is 0 Å². The molecule has 0 atom stereocenters. The van der Waals surface area contributed by atoms with Crippen LogP contribution in [0.15, 0.2) is 11.6 Å². The zero-order chi connectivity index (χ0) is 8.69. The van der Waals surface area contributed by atoms with Crippen LogP contribution in [-0.4, -0.2) is 41.3 Å². The molecule has 0 aliphatic rings. The van der Waals surface area contributed by atoms with Crippen LogP contribution in [0.1, 0.15) is 0 Å². The Balaban J connectivity index is 4.03. The standard InChI is InChI=1S/C6H10O5/c7-2-1-5(3-8)6(10)11-4-9/h1,7-9H,2-4H2. The second kappa shape index (κ2) is 5.84. The molecule has 0 rings (SSSR count). The first kappa shape index (κ1) is 10.1. The van der Waals surface area contributed by atoms with Crippen LogP contribution in [0.2, 0.25) is 0 Å². The van der Waals surface area contributed by atoms with Gasteiger partial charge in [0.2, 0.25) is 0 Å². The fourth-order valence-electron chi connectivity index (χ4n) is 0.474. The molecular weight excluding hydrogens is 152 g/mol. The molecule has 64 valence electrons. The number of aliphatic hydroxyl groups excluding tert-OH is 3. The lowest BCUT2D eigenvalue weighted by atomic mass is 10.3. The van der Waals surface area contributed by atoms with Gasteiger partial charge < -0.3 is 20.1 Å². The molecule has 0 fully saturated rings. The molecule has 0 amide bonds. The highest BCUT2D eigenvalue weighted by atomic mass is 16.6. The van der Waals surface area contributed by atoms with Crippen LogP contribution < -0.4 is 0 Å². The van der Waals surface area contributed by atoms with Crippen LogP contribution in [0.5, 0.6) is 0 Å². The molecular formula is C6H10O5. The van der Waals surface area contributed by atoms with Gasteiger partial charge in [0.1, 0.15) is 0 Å². The second-order valence-electron chi connectivity index (χ2n) is 1.63. The molecule has 0 aliphatic carbocycles. The molecule has 0 spiro atoms. The number of hydrogen-bond donors (Lipinski definition) is 3. The quantitative estimate of drug-likeness (QED) is 0.263. The maximum Gasteiger partial charge on any atom is 0.338 e. The maximum atomic E-state index is 10.6. The van der Waals surface area contributed by atoms with E-state index in [0.29, 0.717) is 0 Å². The first-order valence-corrected chi connectivity index (χ1v) is 2.95. The van der Waals surface area contributed by atoms with Crippen LogP contribution in [-0.2, 0) is 9.53 Å². The van der Waals surface area contributed by atoms with Gasteiger partial charge in [-0.05, 0) is 6.08 Å². The van der Waals surface area contributed by atoms with Crippen molar-refractivity contribution in [2.45, 2.75) is 0 Å². The van der Waals surface area contributed by atoms with Crippen molar-refractivity contribution >= 4 is 5.97 Å². The molecule has 3 N–H and O–H groups in total. The lowest BCUT2D eigenvalue weighted by molar-refractivity contribution is -0.147. The second-order valence-corrected chi connectivity index (χ2v) is 1.63. The summed E-state index contributed by atoms with van der Waals surface area (Å²) < 4.78 is 4.12. The van der Waals surface area contributed by atoms with Gasteiger partial charge in [-0.15, -0.1) is 0 Å². The van der Waals surface area contributed by atoms with E-state index in [1.165, 1.54) is 0 Å². The zero-order valence-corrected chi connectivity index (χ0v) is 5.86. The van der Waals surface area contributed by atoms with E-state index in [1.54, 1.807) is 0 Å². The molecule has 0 aromatic carbocycles. The number of aliphatic hydroxyl groups is 3. The molecule has 5 nitrogen and oxygen atoms in total. The molecule has 0 heterocycles. The van der Waals surface area contributed by atoms with Crippen molar-refractivity contribution in [2.24, 2.45) is 0 Å². The van der Waals surface area contributed by atoms with Crippen LogP contribution in [0.4, 0.5) is 0 Å². The van der Waals surface area contributed by atoms with Gasteiger partial charge in [-0.3, -0.25) is 0 Å². The van der Waals surface area contributed by atoms with Gasteiger partial charge in [-0.2, -0.15) is 0 Å². The summed E-state index contributed by atoms with van der Waals surface area (Å²) in [6, 6.07) is 0. The Kier molecular flexibility index (Phi) is 5.36. The smallest absolute Gasteiger partial charge is 0.338 e. The Labute approximate surface area is 63.5 Å². The molecule has 0 unspecified atom stereocenters. The molecule has 0 aliphatic heterocycles. The van der Waals surface area contributed by atoms with Crippen LogP contribution in [0.25, 0.3) is 0 Å². The predicted octanol–water partition coefficient (Wildman–Crippen LogP) is -1.61. The highest BCUT2D eigenvalue weighted by Gasteiger charge is 2.07. The average molecular weight is 162 g/mol. The van der Waals surface area contributed by atoms with Crippen LogP contribution >= 0.6 is 0 Å². The van der Waals surface area contributed by atoms with Crippen molar-refractivity contribution in [3.63, 3.8) is 0 Å². The van der Waals surface area contributed by atoms with E-state index in [4.69, 9.17) is 15.3 Å². The molecule has 0 radical (unpaired) electrons. The summed E-state index contributed by atoms with van der Waals surface area (Å²) in [6.45, 7) is -1.60. The van der Waals surface area contributed by atoms with Crippen LogP contribution in [0, 0.1) is 0 Å². The summed E-state index contributed by atoms with van der Waals surface area (Å²) in [6.07, 6.45) is 1.11. The average Bonchev–Trinajstić information content (AvgIpc) is 2.00. The topological polar surface area (TPSA) is 87.0 Å². The van der Waals surface area contributed by atoms with Crippen molar-refractivity contribution in [2.75, 3.05) is 20.0 Å². The van der Waals surface area contributed by atoms with Gasteiger partial charge in [-0.1, -0.05) is 0 Å². The van der Waals surface area contributed by atoms with E-state index in [2.05, 4.69) is 4.74 Å². The van der Waals surface area contributed by atoms with E-state index in [0.717, 1.165) is 6.08 Å². The first-order chi connectivity index (χ1) is 5.26. The van der Waals surface area contributed by atoms with Crippen LogP contribution in [0.3, 0.4) is 0 Å². The molecule has 0 bridgehead atoms. The summed E-state index contributed by atoms with van der Waals surface area (Å²) in [5.41, 5.74) is -0.0680. The number of esters is 1. The van der Waals surface area contributed by atoms with Crippen molar-refractivity contribution < 1.29 is 24.9 Å². The fourth-order valence-corrected chi connectivity index (χ4v) is 0.474. The first-order valence-electron chi connectivity index (χ1n) is 2.95. The van der Waals surface area contributed by atoms with Gasteiger partial charge >= 0.3 is 5.97 Å². The summed E-state index contributed by atoms with van der Waals surface area (Å²) in [5, 5.41) is 25.0. The third-order valence-electron chi connectivity index (χ3n) is 0.966. The summed E-state index contributed by atoms with van der Waals surface area (Å²) >= 11 is 0. The fraction of sp³-hybridized carbons (Fsp3) is 0.500. The SMILES string of the molecule is O=C(OCO)C(=CCO)CO. The van der Waals surface area contributed by atoms with Gasteiger partial charge in [0, 0.05) is 0 Å². The number of carbonyl (C=O) groups excluding carboxylic acids is 1. The summed E-state index contributed by atoms with van der Waals surface area (Å²) in [5.74, 6) is -0.830. The Bertz CT molecular complexity index is 151. The summed E-state index contributed by atoms with van der Waals surface area (Å²) in [7, 11) is 0. The Morgan fingerprint density at radius 3 is 2.36 bits per heavy atom. The molecule has 11 heavy (non-hydrogen) atoms. The lowest BCUT2D eigenvalue weighted by Crippen LogP contribution is -2.12. The third-order valence-corrected chi connectivity index (χ3v) is 0.966. The number of hydrogen-bond acceptors (Lipinski definition) is 5.